The van der Waals surface area contributed by atoms with Crippen molar-refractivity contribution in [1.82, 2.24) is 10.3 Å². The summed E-state index contributed by atoms with van der Waals surface area (Å²) < 4.78 is 13.8. The Balaban J connectivity index is 1.72. The molecule has 28 heavy (non-hydrogen) atoms. The van der Waals surface area contributed by atoms with Gasteiger partial charge in [-0.15, -0.1) is 0 Å². The summed E-state index contributed by atoms with van der Waals surface area (Å²) in [6, 6.07) is 19.0. The summed E-state index contributed by atoms with van der Waals surface area (Å²) in [4.78, 5) is 16.1. The summed E-state index contributed by atoms with van der Waals surface area (Å²) >= 11 is 12.0. The molecular weight excluding hydrogens is 398 g/mol. The quantitative estimate of drug-likeness (QED) is 0.411. The zero-order valence-electron chi connectivity index (χ0n) is 14.6. The molecule has 6 heteroatoms. The van der Waals surface area contributed by atoms with Crippen LogP contribution in [0, 0.1) is 5.82 Å². The maximum atomic E-state index is 13.8. The van der Waals surface area contributed by atoms with Gasteiger partial charge in [0.15, 0.2) is 0 Å². The number of hydrogen-bond acceptors (Lipinski definition) is 1. The number of halogens is 3. The minimum atomic E-state index is -0.357. The minimum Gasteiger partial charge on any atom is -0.350 e. The predicted molar refractivity (Wildman–Crippen MR) is 111 cm³/mol. The molecule has 0 aliphatic heterocycles. The average molecular weight is 413 g/mol. The molecule has 1 heterocycles. The molecule has 0 saturated carbocycles. The molecule has 3 aromatic carbocycles. The Labute approximate surface area is 171 Å². The van der Waals surface area contributed by atoms with Gasteiger partial charge in [0.1, 0.15) is 11.5 Å². The highest BCUT2D eigenvalue weighted by Crippen LogP contribution is 2.33. The molecule has 0 fully saturated rings. The van der Waals surface area contributed by atoms with Gasteiger partial charge in [0.25, 0.3) is 5.91 Å². The number of fused-ring (bicyclic) bond motifs is 1. The van der Waals surface area contributed by atoms with Gasteiger partial charge in [-0.05, 0) is 47.5 Å². The Kier molecular flexibility index (Phi) is 5.07. The minimum absolute atomic E-state index is 0.261. The molecule has 4 aromatic rings. The molecule has 0 radical (unpaired) electrons. The lowest BCUT2D eigenvalue weighted by atomic mass is 10.0. The first-order valence-electron chi connectivity index (χ1n) is 8.61. The molecule has 0 bridgehead atoms. The highest BCUT2D eigenvalue weighted by atomic mass is 35.5. The van der Waals surface area contributed by atoms with E-state index in [1.807, 2.05) is 30.3 Å². The molecule has 1 amide bonds. The molecule has 0 aliphatic carbocycles. The lowest BCUT2D eigenvalue weighted by molar-refractivity contribution is 0.0947. The molecule has 4 rings (SSSR count). The first-order chi connectivity index (χ1) is 13.5. The summed E-state index contributed by atoms with van der Waals surface area (Å²) in [5.74, 6) is -0.657. The number of aromatic amines is 1. The maximum absolute atomic E-state index is 13.8. The summed E-state index contributed by atoms with van der Waals surface area (Å²) in [5.41, 5.74) is 3.34. The van der Waals surface area contributed by atoms with Gasteiger partial charge in [-0.25, -0.2) is 4.39 Å². The fourth-order valence-electron chi connectivity index (χ4n) is 3.22. The number of carbonyl (C=O) groups is 1. The lowest BCUT2D eigenvalue weighted by Crippen LogP contribution is -2.23. The van der Waals surface area contributed by atoms with E-state index in [-0.39, 0.29) is 18.3 Å². The Hall–Kier alpha value is -2.82. The maximum Gasteiger partial charge on any atom is 0.268 e. The standard InChI is InChI=1S/C22H15Cl2FN2O/c23-15-8-13(9-16(24)10-15)12-26-22(28)21-20(14-4-2-1-3-5-14)18-11-17(25)6-7-19(18)27-21/h1-11,27H,12H2,(H,26,28). The van der Waals surface area contributed by atoms with Crippen LogP contribution in [0.3, 0.4) is 0 Å². The van der Waals surface area contributed by atoms with E-state index >= 15 is 0 Å². The van der Waals surface area contributed by atoms with E-state index in [9.17, 15) is 9.18 Å². The van der Waals surface area contributed by atoms with E-state index in [0.29, 0.717) is 32.2 Å². The molecule has 140 valence electrons. The number of amides is 1. The van der Waals surface area contributed by atoms with Crippen molar-refractivity contribution in [2.24, 2.45) is 0 Å². The molecule has 1 aromatic heterocycles. The first-order valence-corrected chi connectivity index (χ1v) is 9.36. The van der Waals surface area contributed by atoms with Crippen LogP contribution in [0.2, 0.25) is 10.0 Å². The second kappa shape index (κ2) is 7.66. The number of hydrogen-bond donors (Lipinski definition) is 2. The number of nitrogens with one attached hydrogen (secondary N) is 2. The number of benzene rings is 3. The van der Waals surface area contributed by atoms with Crippen LogP contribution in [0.15, 0.2) is 66.7 Å². The third kappa shape index (κ3) is 3.75. The van der Waals surface area contributed by atoms with Gasteiger partial charge in [-0.3, -0.25) is 4.79 Å². The van der Waals surface area contributed by atoms with E-state index < -0.39 is 0 Å². The Bertz CT molecular complexity index is 1150. The van der Waals surface area contributed by atoms with Crippen molar-refractivity contribution in [3.8, 4) is 11.1 Å². The van der Waals surface area contributed by atoms with Gasteiger partial charge >= 0.3 is 0 Å². The highest BCUT2D eigenvalue weighted by molar-refractivity contribution is 6.34. The van der Waals surface area contributed by atoms with Crippen molar-refractivity contribution in [3.63, 3.8) is 0 Å². The monoisotopic (exact) mass is 412 g/mol. The summed E-state index contributed by atoms with van der Waals surface area (Å²) in [5, 5.41) is 4.53. The highest BCUT2D eigenvalue weighted by Gasteiger charge is 2.19. The molecule has 0 spiro atoms. The van der Waals surface area contributed by atoms with Crippen LogP contribution in [-0.2, 0) is 6.54 Å². The van der Waals surface area contributed by atoms with E-state index in [0.717, 1.165) is 11.1 Å². The van der Waals surface area contributed by atoms with E-state index in [4.69, 9.17) is 23.2 Å². The van der Waals surface area contributed by atoms with Crippen molar-refractivity contribution in [2.45, 2.75) is 6.54 Å². The summed E-state index contributed by atoms with van der Waals surface area (Å²) in [6.07, 6.45) is 0. The van der Waals surface area contributed by atoms with Crippen molar-refractivity contribution in [3.05, 3.63) is 93.8 Å². The fourth-order valence-corrected chi connectivity index (χ4v) is 3.79. The summed E-state index contributed by atoms with van der Waals surface area (Å²) in [6.45, 7) is 0.261. The van der Waals surface area contributed by atoms with Crippen LogP contribution < -0.4 is 5.32 Å². The zero-order valence-corrected chi connectivity index (χ0v) is 16.1. The van der Waals surface area contributed by atoms with E-state index in [2.05, 4.69) is 10.3 Å². The van der Waals surface area contributed by atoms with E-state index in [1.54, 1.807) is 24.3 Å². The topological polar surface area (TPSA) is 44.9 Å². The fraction of sp³-hybridized carbons (Fsp3) is 0.0455. The van der Waals surface area contributed by atoms with Crippen molar-refractivity contribution < 1.29 is 9.18 Å². The van der Waals surface area contributed by atoms with Crippen molar-refractivity contribution in [1.29, 1.82) is 0 Å². The third-order valence-corrected chi connectivity index (χ3v) is 4.86. The number of rotatable bonds is 4. The van der Waals surface area contributed by atoms with Crippen LogP contribution in [-0.4, -0.2) is 10.9 Å². The molecule has 0 unspecified atom stereocenters. The van der Waals surface area contributed by atoms with Crippen LogP contribution in [0.5, 0.6) is 0 Å². The normalized spacial score (nSPS) is 11.0. The van der Waals surface area contributed by atoms with Crippen LogP contribution >= 0.6 is 23.2 Å². The lowest BCUT2D eigenvalue weighted by Gasteiger charge is -2.08. The Morgan fingerprint density at radius 2 is 1.68 bits per heavy atom. The number of aromatic nitrogens is 1. The zero-order chi connectivity index (χ0) is 19.7. The molecule has 0 aliphatic rings. The van der Waals surface area contributed by atoms with Gasteiger partial charge in [-0.1, -0.05) is 53.5 Å². The number of carbonyl (C=O) groups excluding carboxylic acids is 1. The van der Waals surface area contributed by atoms with Gasteiger partial charge < -0.3 is 10.3 Å². The molecular formula is C22H15Cl2FN2O. The SMILES string of the molecule is O=C(NCc1cc(Cl)cc(Cl)c1)c1[nH]c2ccc(F)cc2c1-c1ccccc1. The second-order valence-electron chi connectivity index (χ2n) is 6.39. The molecule has 3 nitrogen and oxygen atoms in total. The van der Waals surface area contributed by atoms with Gasteiger partial charge in [-0.2, -0.15) is 0 Å². The number of H-pyrrole nitrogens is 1. The van der Waals surface area contributed by atoms with Gasteiger partial charge in [0.2, 0.25) is 0 Å². The second-order valence-corrected chi connectivity index (χ2v) is 7.26. The van der Waals surface area contributed by atoms with Crippen LogP contribution in [0.1, 0.15) is 16.1 Å². The summed E-state index contributed by atoms with van der Waals surface area (Å²) in [7, 11) is 0. The van der Waals surface area contributed by atoms with E-state index in [1.165, 1.54) is 12.1 Å². The smallest absolute Gasteiger partial charge is 0.268 e. The largest absolute Gasteiger partial charge is 0.350 e. The molecule has 0 atom stereocenters. The van der Waals surface area contributed by atoms with Crippen LogP contribution in [0.25, 0.3) is 22.0 Å². The first kappa shape index (κ1) is 18.5. The van der Waals surface area contributed by atoms with Gasteiger partial charge in [0, 0.05) is 33.1 Å². The predicted octanol–water partition coefficient (Wildman–Crippen LogP) is 6.21. The van der Waals surface area contributed by atoms with Crippen molar-refractivity contribution >= 4 is 40.0 Å². The van der Waals surface area contributed by atoms with Crippen LogP contribution in [0.4, 0.5) is 4.39 Å². The molecule has 2 N–H and O–H groups in total. The van der Waals surface area contributed by atoms with Gasteiger partial charge in [0.05, 0.1) is 0 Å². The Morgan fingerprint density at radius 3 is 2.39 bits per heavy atom. The van der Waals surface area contributed by atoms with Crippen molar-refractivity contribution in [2.75, 3.05) is 0 Å². The Morgan fingerprint density at radius 1 is 0.964 bits per heavy atom. The molecule has 0 saturated heterocycles. The third-order valence-electron chi connectivity index (χ3n) is 4.43. The average Bonchev–Trinajstić information content (AvgIpc) is 3.04.